The summed E-state index contributed by atoms with van der Waals surface area (Å²) in [6.45, 7) is 6.85. The summed E-state index contributed by atoms with van der Waals surface area (Å²) in [7, 11) is 0. The lowest BCUT2D eigenvalue weighted by Gasteiger charge is -2.20. The molecule has 0 fully saturated rings. The zero-order valence-electron chi connectivity index (χ0n) is 26.2. The Morgan fingerprint density at radius 2 is 0.810 bits per heavy atom. The Bertz CT molecular complexity index is 1300. The molecular formula is C40H52N2. The molecule has 4 aromatic rings. The summed E-state index contributed by atoms with van der Waals surface area (Å²) in [6.07, 6.45) is 13.2. The fourth-order valence-electron chi connectivity index (χ4n) is 6.15. The van der Waals surface area contributed by atoms with Crippen molar-refractivity contribution >= 4 is 11.4 Å². The van der Waals surface area contributed by atoms with Crippen molar-refractivity contribution in [2.24, 2.45) is 0 Å². The van der Waals surface area contributed by atoms with Crippen LogP contribution in [0.15, 0.2) is 97.1 Å². The van der Waals surface area contributed by atoms with E-state index in [-0.39, 0.29) is 0 Å². The highest BCUT2D eigenvalue weighted by atomic mass is 14.5. The zero-order valence-corrected chi connectivity index (χ0v) is 26.2. The Hall–Kier alpha value is -3.52. The third-order valence-corrected chi connectivity index (χ3v) is 9.15. The lowest BCUT2D eigenvalue weighted by atomic mass is 9.85. The Morgan fingerprint density at radius 1 is 0.452 bits per heavy atom. The van der Waals surface area contributed by atoms with Crippen molar-refractivity contribution in [3.8, 4) is 0 Å². The van der Waals surface area contributed by atoms with Gasteiger partial charge in [-0.1, -0.05) is 145 Å². The standard InChI is InChI=1S/C40H52N2/c1-4-5-6-7-8-9-10-11-12-38(37-19-17-34(18-20-37)31(3)36-23-27-40(42)28-24-36)29-32-13-15-33(16-14-32)30(2)35-21-25-39(41)26-22-35/h13-28,30-31,38H,4-12,29,41-42H2,1-3H3. The van der Waals surface area contributed by atoms with E-state index in [9.17, 15) is 0 Å². The van der Waals surface area contributed by atoms with Gasteiger partial charge in [0, 0.05) is 23.2 Å². The van der Waals surface area contributed by atoms with E-state index in [1.54, 1.807) is 0 Å². The van der Waals surface area contributed by atoms with Crippen LogP contribution in [0.25, 0.3) is 0 Å². The van der Waals surface area contributed by atoms with Crippen LogP contribution in [0.5, 0.6) is 0 Å². The predicted molar refractivity (Wildman–Crippen MR) is 183 cm³/mol. The van der Waals surface area contributed by atoms with Crippen molar-refractivity contribution in [1.82, 2.24) is 0 Å². The fourth-order valence-corrected chi connectivity index (χ4v) is 6.15. The maximum absolute atomic E-state index is 5.92. The minimum Gasteiger partial charge on any atom is -0.399 e. The molecule has 0 aliphatic rings. The van der Waals surface area contributed by atoms with E-state index >= 15 is 0 Å². The molecule has 0 aromatic heterocycles. The number of hydrogen-bond acceptors (Lipinski definition) is 2. The molecule has 3 unspecified atom stereocenters. The molecule has 0 spiro atoms. The van der Waals surface area contributed by atoms with Gasteiger partial charge in [-0.2, -0.15) is 0 Å². The van der Waals surface area contributed by atoms with Crippen LogP contribution in [0.3, 0.4) is 0 Å². The second-order valence-corrected chi connectivity index (χ2v) is 12.3. The smallest absolute Gasteiger partial charge is 0.0314 e. The maximum Gasteiger partial charge on any atom is 0.0314 e. The average molecular weight is 561 g/mol. The molecule has 0 aliphatic carbocycles. The van der Waals surface area contributed by atoms with Crippen LogP contribution in [0.2, 0.25) is 0 Å². The fraction of sp³-hybridized carbons (Fsp3) is 0.400. The van der Waals surface area contributed by atoms with Crippen LogP contribution in [-0.2, 0) is 6.42 Å². The molecular weight excluding hydrogens is 508 g/mol. The molecule has 4 aromatic carbocycles. The highest BCUT2D eigenvalue weighted by Crippen LogP contribution is 2.32. The molecule has 2 heteroatoms. The van der Waals surface area contributed by atoms with Gasteiger partial charge in [0.2, 0.25) is 0 Å². The first-order chi connectivity index (χ1) is 20.4. The molecule has 42 heavy (non-hydrogen) atoms. The van der Waals surface area contributed by atoms with Gasteiger partial charge in [-0.3, -0.25) is 0 Å². The summed E-state index contributed by atoms with van der Waals surface area (Å²) >= 11 is 0. The van der Waals surface area contributed by atoms with Crippen molar-refractivity contribution in [1.29, 1.82) is 0 Å². The molecule has 3 atom stereocenters. The molecule has 4 N–H and O–H groups in total. The number of hydrogen-bond donors (Lipinski definition) is 2. The number of anilines is 2. The highest BCUT2D eigenvalue weighted by molar-refractivity contribution is 5.44. The molecule has 0 saturated carbocycles. The SMILES string of the molecule is CCCCCCCCCCC(Cc1ccc(C(C)c2ccc(N)cc2)cc1)c1ccc(C(C)c2ccc(N)cc2)cc1. The first-order valence-corrected chi connectivity index (χ1v) is 16.3. The number of benzene rings is 4. The number of rotatable bonds is 16. The van der Waals surface area contributed by atoms with Crippen LogP contribution >= 0.6 is 0 Å². The van der Waals surface area contributed by atoms with Crippen molar-refractivity contribution < 1.29 is 0 Å². The first-order valence-electron chi connectivity index (χ1n) is 16.3. The van der Waals surface area contributed by atoms with Gasteiger partial charge in [-0.25, -0.2) is 0 Å². The third kappa shape index (κ3) is 9.24. The predicted octanol–water partition coefficient (Wildman–Crippen LogP) is 11.0. The Morgan fingerprint density at radius 3 is 1.26 bits per heavy atom. The van der Waals surface area contributed by atoms with E-state index < -0.39 is 0 Å². The van der Waals surface area contributed by atoms with Gasteiger partial charge in [0.05, 0.1) is 0 Å². The van der Waals surface area contributed by atoms with E-state index in [0.717, 1.165) is 17.8 Å². The lowest BCUT2D eigenvalue weighted by Crippen LogP contribution is -2.05. The molecule has 222 valence electrons. The average Bonchev–Trinajstić information content (AvgIpc) is 3.02. The maximum atomic E-state index is 5.92. The second kappa shape index (κ2) is 16.2. The minimum atomic E-state index is 0.349. The summed E-state index contributed by atoms with van der Waals surface area (Å²) in [5.41, 5.74) is 21.7. The Balaban J connectivity index is 1.43. The second-order valence-electron chi connectivity index (χ2n) is 12.3. The molecule has 2 nitrogen and oxygen atoms in total. The highest BCUT2D eigenvalue weighted by Gasteiger charge is 2.16. The zero-order chi connectivity index (χ0) is 29.7. The molecule has 0 radical (unpaired) electrons. The van der Waals surface area contributed by atoms with Crippen molar-refractivity contribution in [3.05, 3.63) is 130 Å². The van der Waals surface area contributed by atoms with Gasteiger partial charge in [0.15, 0.2) is 0 Å². The van der Waals surface area contributed by atoms with Crippen LogP contribution in [0.4, 0.5) is 11.4 Å². The lowest BCUT2D eigenvalue weighted by molar-refractivity contribution is 0.527. The van der Waals surface area contributed by atoms with Crippen molar-refractivity contribution in [2.75, 3.05) is 11.5 Å². The monoisotopic (exact) mass is 560 g/mol. The number of unbranched alkanes of at least 4 members (excludes halogenated alkanes) is 7. The summed E-state index contributed by atoms with van der Waals surface area (Å²) in [6, 6.07) is 35.4. The quantitative estimate of drug-likeness (QED) is 0.106. The molecule has 0 amide bonds. The third-order valence-electron chi connectivity index (χ3n) is 9.15. The number of nitrogens with two attached hydrogens (primary N) is 2. The van der Waals surface area contributed by atoms with Gasteiger partial charge in [0.1, 0.15) is 0 Å². The summed E-state index contributed by atoms with van der Waals surface area (Å²) in [5.74, 6) is 1.23. The van der Waals surface area contributed by atoms with Crippen molar-refractivity contribution in [3.63, 3.8) is 0 Å². The van der Waals surface area contributed by atoms with Crippen LogP contribution in [0.1, 0.15) is 130 Å². The molecule has 0 aliphatic heterocycles. The van der Waals surface area contributed by atoms with Gasteiger partial charge in [0.25, 0.3) is 0 Å². The first kappa shape index (κ1) is 31.4. The van der Waals surface area contributed by atoms with Gasteiger partial charge >= 0.3 is 0 Å². The Kier molecular flexibility index (Phi) is 12.1. The Labute approximate surface area is 255 Å². The topological polar surface area (TPSA) is 52.0 Å². The normalized spacial score (nSPS) is 13.5. The van der Waals surface area contributed by atoms with Gasteiger partial charge in [-0.15, -0.1) is 0 Å². The van der Waals surface area contributed by atoms with Gasteiger partial charge < -0.3 is 11.5 Å². The molecule has 0 saturated heterocycles. The van der Waals surface area contributed by atoms with E-state index in [4.69, 9.17) is 11.5 Å². The van der Waals surface area contributed by atoms with Crippen LogP contribution in [-0.4, -0.2) is 0 Å². The van der Waals surface area contributed by atoms with E-state index in [1.165, 1.54) is 91.2 Å². The van der Waals surface area contributed by atoms with Crippen molar-refractivity contribution in [2.45, 2.75) is 103 Å². The van der Waals surface area contributed by atoms with E-state index in [0.29, 0.717) is 17.8 Å². The van der Waals surface area contributed by atoms with Gasteiger partial charge in [-0.05, 0) is 76.4 Å². The van der Waals surface area contributed by atoms with E-state index in [2.05, 4.69) is 93.6 Å². The molecule has 0 bridgehead atoms. The van der Waals surface area contributed by atoms with E-state index in [1.807, 2.05) is 24.3 Å². The largest absolute Gasteiger partial charge is 0.399 e. The molecule has 0 heterocycles. The van der Waals surface area contributed by atoms with Crippen LogP contribution < -0.4 is 11.5 Å². The summed E-state index contributed by atoms with van der Waals surface area (Å²) < 4.78 is 0. The summed E-state index contributed by atoms with van der Waals surface area (Å²) in [4.78, 5) is 0. The minimum absolute atomic E-state index is 0.349. The summed E-state index contributed by atoms with van der Waals surface area (Å²) in [5, 5.41) is 0. The van der Waals surface area contributed by atoms with Crippen LogP contribution in [0, 0.1) is 0 Å². The molecule has 4 rings (SSSR count). The number of nitrogen functional groups attached to an aromatic ring is 2.